The van der Waals surface area contributed by atoms with E-state index >= 15 is 0 Å². The molecule has 3 rings (SSSR count). The highest BCUT2D eigenvalue weighted by atomic mass is 79.9. The van der Waals surface area contributed by atoms with Crippen molar-refractivity contribution < 1.29 is 19.0 Å². The van der Waals surface area contributed by atoms with Crippen LogP contribution in [0.4, 0.5) is 0 Å². The Morgan fingerprint density at radius 3 is 2.59 bits per heavy atom. The lowest BCUT2D eigenvalue weighted by Gasteiger charge is -2.15. The predicted octanol–water partition coefficient (Wildman–Crippen LogP) is 5.40. The summed E-state index contributed by atoms with van der Waals surface area (Å²) < 4.78 is 17.3. The summed E-state index contributed by atoms with van der Waals surface area (Å²) in [4.78, 5) is 15.8. The van der Waals surface area contributed by atoms with E-state index in [2.05, 4.69) is 20.9 Å². The normalized spacial score (nSPS) is 14.9. The number of cyclic esters (lactones) is 1. The van der Waals surface area contributed by atoms with Crippen molar-refractivity contribution in [1.29, 1.82) is 0 Å². The molecule has 0 bridgehead atoms. The van der Waals surface area contributed by atoms with Crippen LogP contribution in [0.2, 0.25) is 5.02 Å². The number of nitrogens with zero attached hydrogens (tertiary/aromatic N) is 1. The third kappa shape index (κ3) is 4.90. The van der Waals surface area contributed by atoms with Crippen LogP contribution >= 0.6 is 27.5 Å². The molecule has 0 unspecified atom stereocenters. The van der Waals surface area contributed by atoms with Gasteiger partial charge in [0, 0.05) is 11.9 Å². The summed E-state index contributed by atoms with van der Waals surface area (Å²) >= 11 is 9.43. The molecule has 1 heterocycles. The van der Waals surface area contributed by atoms with E-state index in [1.54, 1.807) is 19.1 Å². The summed E-state index contributed by atoms with van der Waals surface area (Å²) in [5.74, 6) is 1.02. The highest BCUT2D eigenvalue weighted by molar-refractivity contribution is 9.10. The van der Waals surface area contributed by atoms with E-state index in [-0.39, 0.29) is 5.70 Å². The number of esters is 1. The summed E-state index contributed by atoms with van der Waals surface area (Å²) in [7, 11) is 0. The lowest BCUT2D eigenvalue weighted by Crippen LogP contribution is -2.02. The first-order valence-electron chi connectivity index (χ1n) is 8.29. The molecule has 27 heavy (non-hydrogen) atoms. The molecule has 0 N–H and O–H groups in total. The average molecular weight is 451 g/mol. The molecule has 5 nitrogen and oxygen atoms in total. The first kappa shape index (κ1) is 19.5. The summed E-state index contributed by atoms with van der Waals surface area (Å²) in [5, 5.41) is 0.677. The second-order valence-electron chi connectivity index (χ2n) is 5.73. The molecule has 0 fully saturated rings. The van der Waals surface area contributed by atoms with Gasteiger partial charge < -0.3 is 14.2 Å². The molecule has 0 amide bonds. The maximum atomic E-state index is 11.8. The fourth-order valence-electron chi connectivity index (χ4n) is 2.48. The topological polar surface area (TPSA) is 57.1 Å². The molecule has 2 aromatic carbocycles. The van der Waals surface area contributed by atoms with Gasteiger partial charge in [-0.2, -0.15) is 0 Å². The number of hydrogen-bond donors (Lipinski definition) is 0. The minimum Gasteiger partial charge on any atom is -0.490 e. The van der Waals surface area contributed by atoms with Gasteiger partial charge in [0.2, 0.25) is 0 Å². The molecule has 140 valence electrons. The minimum absolute atomic E-state index is 0.247. The van der Waals surface area contributed by atoms with Crippen molar-refractivity contribution in [2.24, 2.45) is 4.99 Å². The molecule has 0 aliphatic carbocycles. The lowest BCUT2D eigenvalue weighted by atomic mass is 10.1. The smallest absolute Gasteiger partial charge is 0.363 e. The van der Waals surface area contributed by atoms with Crippen LogP contribution in [0.1, 0.15) is 25.0 Å². The fraction of sp³-hybridized carbons (Fsp3) is 0.200. The minimum atomic E-state index is -0.468. The Hall–Kier alpha value is -2.31. The van der Waals surface area contributed by atoms with Crippen molar-refractivity contribution in [2.75, 3.05) is 6.61 Å². The van der Waals surface area contributed by atoms with Gasteiger partial charge >= 0.3 is 5.97 Å². The number of benzene rings is 2. The predicted molar refractivity (Wildman–Crippen MR) is 108 cm³/mol. The van der Waals surface area contributed by atoms with Crippen LogP contribution in [0.25, 0.3) is 6.08 Å². The fourth-order valence-corrected chi connectivity index (χ4v) is 3.18. The third-order valence-electron chi connectivity index (χ3n) is 3.66. The van der Waals surface area contributed by atoms with Crippen LogP contribution in [0.3, 0.4) is 0 Å². The Balaban J connectivity index is 1.87. The zero-order valence-corrected chi connectivity index (χ0v) is 17.1. The van der Waals surface area contributed by atoms with E-state index in [4.69, 9.17) is 25.8 Å². The van der Waals surface area contributed by atoms with Crippen molar-refractivity contribution in [3.8, 4) is 11.5 Å². The monoisotopic (exact) mass is 449 g/mol. The van der Waals surface area contributed by atoms with Gasteiger partial charge in [-0.1, -0.05) is 23.7 Å². The number of carbonyl (C=O) groups excluding carboxylic acids is 1. The van der Waals surface area contributed by atoms with Gasteiger partial charge in [-0.15, -0.1) is 0 Å². The number of ether oxygens (including phenoxy) is 3. The Morgan fingerprint density at radius 2 is 1.96 bits per heavy atom. The summed E-state index contributed by atoms with van der Waals surface area (Å²) in [6, 6.07) is 11.1. The summed E-state index contributed by atoms with van der Waals surface area (Å²) in [5.41, 5.74) is 1.98. The quantitative estimate of drug-likeness (QED) is 0.437. The van der Waals surface area contributed by atoms with Crippen molar-refractivity contribution in [2.45, 2.75) is 20.5 Å². The lowest BCUT2D eigenvalue weighted by molar-refractivity contribution is -0.130. The van der Waals surface area contributed by atoms with Gasteiger partial charge in [-0.3, -0.25) is 0 Å². The third-order valence-corrected chi connectivity index (χ3v) is 4.50. The number of hydrogen-bond acceptors (Lipinski definition) is 5. The van der Waals surface area contributed by atoms with Crippen LogP contribution in [0, 0.1) is 0 Å². The van der Waals surface area contributed by atoms with Crippen molar-refractivity contribution in [3.05, 3.63) is 62.7 Å². The van der Waals surface area contributed by atoms with Gasteiger partial charge in [-0.05, 0) is 64.3 Å². The van der Waals surface area contributed by atoms with E-state index in [1.807, 2.05) is 37.3 Å². The second kappa shape index (κ2) is 8.59. The van der Waals surface area contributed by atoms with Gasteiger partial charge in [-0.25, -0.2) is 9.79 Å². The van der Waals surface area contributed by atoms with Crippen molar-refractivity contribution in [3.63, 3.8) is 0 Å². The molecule has 0 saturated carbocycles. The Labute approximate surface area is 170 Å². The van der Waals surface area contributed by atoms with Crippen LogP contribution in [-0.4, -0.2) is 18.5 Å². The summed E-state index contributed by atoms with van der Waals surface area (Å²) in [6.45, 7) is 4.37. The van der Waals surface area contributed by atoms with Crippen LogP contribution in [0.15, 0.2) is 51.6 Å². The van der Waals surface area contributed by atoms with Crippen LogP contribution < -0.4 is 9.47 Å². The molecule has 1 aliphatic heterocycles. The molecule has 7 heteroatoms. The second-order valence-corrected chi connectivity index (χ2v) is 7.02. The number of halogens is 2. The molecule has 1 aliphatic rings. The Bertz CT molecular complexity index is 922. The maximum Gasteiger partial charge on any atom is 0.363 e. The van der Waals surface area contributed by atoms with Gasteiger partial charge in [0.25, 0.3) is 0 Å². The largest absolute Gasteiger partial charge is 0.490 e. The molecule has 0 radical (unpaired) electrons. The van der Waals surface area contributed by atoms with E-state index in [1.165, 1.54) is 0 Å². The average Bonchev–Trinajstić information content (AvgIpc) is 2.93. The number of aliphatic imine (C=N–C) groups is 1. The van der Waals surface area contributed by atoms with Gasteiger partial charge in [0.15, 0.2) is 23.1 Å². The van der Waals surface area contributed by atoms with E-state index in [9.17, 15) is 4.79 Å². The zero-order valence-electron chi connectivity index (χ0n) is 14.8. The van der Waals surface area contributed by atoms with Crippen LogP contribution in [-0.2, 0) is 16.1 Å². The molecule has 0 spiro atoms. The molecule has 0 saturated heterocycles. The highest BCUT2D eigenvalue weighted by Gasteiger charge is 2.20. The number of carbonyl (C=O) groups is 1. The van der Waals surface area contributed by atoms with Crippen molar-refractivity contribution in [1.82, 2.24) is 0 Å². The van der Waals surface area contributed by atoms with E-state index < -0.39 is 5.97 Å². The van der Waals surface area contributed by atoms with Gasteiger partial charge in [0.1, 0.15) is 6.61 Å². The van der Waals surface area contributed by atoms with E-state index in [0.29, 0.717) is 40.1 Å². The molecular formula is C20H17BrClNO4. The first-order chi connectivity index (χ1) is 13.0. The molecule has 0 aromatic heterocycles. The Kier molecular flexibility index (Phi) is 6.19. The summed E-state index contributed by atoms with van der Waals surface area (Å²) in [6.07, 6.45) is 1.65. The maximum absolute atomic E-state index is 11.8. The zero-order chi connectivity index (χ0) is 19.4. The molecular weight excluding hydrogens is 434 g/mol. The molecule has 2 aromatic rings. The van der Waals surface area contributed by atoms with Crippen molar-refractivity contribution >= 4 is 45.5 Å². The first-order valence-corrected chi connectivity index (χ1v) is 9.46. The van der Waals surface area contributed by atoms with E-state index in [0.717, 1.165) is 11.1 Å². The highest BCUT2D eigenvalue weighted by Crippen LogP contribution is 2.38. The SMILES string of the molecule is CCOc1cc(/C=C2/N=C(C)OC2=O)cc(Br)c1OCc1ccc(Cl)cc1. The number of rotatable bonds is 6. The van der Waals surface area contributed by atoms with Gasteiger partial charge in [0.05, 0.1) is 11.1 Å². The molecule has 0 atom stereocenters. The Morgan fingerprint density at radius 1 is 1.22 bits per heavy atom. The standard InChI is InChI=1S/C20H17BrClNO4/c1-3-25-18-10-14(9-17-20(24)27-12(2)23-17)8-16(21)19(18)26-11-13-4-6-15(22)7-5-13/h4-10H,3,11H2,1-2H3/b17-9+. The van der Waals surface area contributed by atoms with Crippen LogP contribution in [0.5, 0.6) is 11.5 Å².